The monoisotopic (exact) mass is 807 g/mol. The first-order chi connectivity index (χ1) is 26.6. The van der Waals surface area contributed by atoms with Gasteiger partial charge in [0.2, 0.25) is 5.91 Å². The van der Waals surface area contributed by atoms with Gasteiger partial charge in [-0.1, -0.05) is 46.8 Å². The average Bonchev–Trinajstić information content (AvgIpc) is 3.85. The summed E-state index contributed by atoms with van der Waals surface area (Å²) in [5, 5.41) is 17.0. The zero-order valence-corrected chi connectivity index (χ0v) is 37.9. The van der Waals surface area contributed by atoms with Gasteiger partial charge in [0, 0.05) is 75.4 Å². The standard InChI is InChI=1S/C9H19NO.C8H15N3O.C8H12N2O.C7H11N3O.C6H15N3O.C2H6/c1-6(2)8(5)9(11)10-7(3)4;1-7(2)10-8(12)11-6-4-3-5-9-11;1-6(2)10-8(11)7-4-3-5-9-7;1-5(2)10-7(11)6-8-3-4-9-6;1-5(2)7-6(10)8-9(3)4;1-2/h6-8H,1-5H3,(H,10,11);3-4,7,9H,5-6H2,1-2H3,(H,10,12);3-6,9H,1-2H3,(H,10,11);3-5H,1-2H3,(H,8,9)(H,10,11);5H,1-4H3,(H2,7,8,10);1-2H3. The summed E-state index contributed by atoms with van der Waals surface area (Å²) in [6, 6.07) is 4.27. The van der Waals surface area contributed by atoms with Gasteiger partial charge in [-0.25, -0.2) is 25.0 Å². The van der Waals surface area contributed by atoms with Crippen LogP contribution in [0.15, 0.2) is 42.9 Å². The summed E-state index contributed by atoms with van der Waals surface area (Å²) in [4.78, 5) is 65.0. The summed E-state index contributed by atoms with van der Waals surface area (Å²) in [6.07, 6.45) is 8.87. The Hall–Kier alpha value is -4.90. The van der Waals surface area contributed by atoms with E-state index in [2.05, 4.69) is 66.2 Å². The maximum absolute atomic E-state index is 11.3. The summed E-state index contributed by atoms with van der Waals surface area (Å²) in [5.74, 6) is 0.856. The lowest BCUT2D eigenvalue weighted by Crippen LogP contribution is -2.51. The number of imidazole rings is 1. The number of rotatable bonds is 10. The highest BCUT2D eigenvalue weighted by molar-refractivity contribution is 5.92. The Balaban J connectivity index is -0.000000633. The molecular weight excluding hydrogens is 729 g/mol. The number of aromatic nitrogens is 3. The normalized spacial score (nSPS) is 12.0. The molecule has 0 aromatic carbocycles. The van der Waals surface area contributed by atoms with Crippen LogP contribution in [0.2, 0.25) is 0 Å². The Bertz CT molecular complexity index is 1290. The second kappa shape index (κ2) is 33.3. The lowest BCUT2D eigenvalue weighted by atomic mass is 9.97. The maximum atomic E-state index is 11.3. The molecule has 17 nitrogen and oxygen atoms in total. The van der Waals surface area contributed by atoms with Crippen LogP contribution in [0, 0.1) is 11.8 Å². The maximum Gasteiger partial charge on any atom is 0.332 e. The van der Waals surface area contributed by atoms with Gasteiger partial charge in [0.05, 0.1) is 6.54 Å². The number of hydrogen-bond acceptors (Lipinski definition) is 8. The van der Waals surface area contributed by atoms with E-state index in [0.717, 1.165) is 6.54 Å². The third-order valence-corrected chi connectivity index (χ3v) is 6.50. The lowest BCUT2D eigenvalue weighted by molar-refractivity contribution is -0.126. The minimum Gasteiger partial charge on any atom is -0.357 e. The molecule has 328 valence electrons. The predicted molar refractivity (Wildman–Crippen MR) is 231 cm³/mol. The highest BCUT2D eigenvalue weighted by atomic mass is 16.2. The Morgan fingerprint density at radius 2 is 1.21 bits per heavy atom. The van der Waals surface area contributed by atoms with Crippen LogP contribution < -0.4 is 37.4 Å². The highest BCUT2D eigenvalue weighted by Gasteiger charge is 2.16. The van der Waals surface area contributed by atoms with Crippen LogP contribution in [0.4, 0.5) is 9.59 Å². The summed E-state index contributed by atoms with van der Waals surface area (Å²) in [6.45, 7) is 30.8. The van der Waals surface area contributed by atoms with Crippen molar-refractivity contribution in [2.75, 3.05) is 27.2 Å². The molecule has 1 atom stereocenters. The van der Waals surface area contributed by atoms with E-state index in [1.165, 1.54) is 0 Å². The predicted octanol–water partition coefficient (Wildman–Crippen LogP) is 5.18. The van der Waals surface area contributed by atoms with E-state index in [0.29, 0.717) is 24.0 Å². The summed E-state index contributed by atoms with van der Waals surface area (Å²) >= 11 is 0. The minimum atomic E-state index is -0.167. The van der Waals surface area contributed by atoms with Crippen molar-refractivity contribution in [3.8, 4) is 0 Å². The topological polar surface area (TPSA) is 221 Å². The van der Waals surface area contributed by atoms with E-state index < -0.39 is 0 Å². The second-order valence-corrected chi connectivity index (χ2v) is 14.7. The Labute approximate surface area is 343 Å². The third kappa shape index (κ3) is 33.0. The fourth-order valence-electron chi connectivity index (χ4n) is 3.72. The van der Waals surface area contributed by atoms with Crippen LogP contribution in [-0.4, -0.2) is 112 Å². The van der Waals surface area contributed by atoms with E-state index >= 15 is 0 Å². The molecule has 0 saturated heterocycles. The number of hydrogen-bond donors (Lipinski definition) is 9. The van der Waals surface area contributed by atoms with Gasteiger partial charge in [0.15, 0.2) is 5.82 Å². The molecule has 3 rings (SSSR count). The quantitative estimate of drug-likeness (QED) is 0.115. The number of nitrogens with one attached hydrogen (secondary N) is 9. The van der Waals surface area contributed by atoms with Gasteiger partial charge in [-0.05, 0) is 87.3 Å². The van der Waals surface area contributed by atoms with Crippen LogP contribution in [-0.2, 0) is 4.79 Å². The van der Waals surface area contributed by atoms with Crippen LogP contribution >= 0.6 is 0 Å². The van der Waals surface area contributed by atoms with Crippen LogP contribution in [0.25, 0.3) is 0 Å². The molecule has 0 radical (unpaired) electrons. The van der Waals surface area contributed by atoms with Crippen molar-refractivity contribution >= 4 is 29.8 Å². The Kier molecular flexibility index (Phi) is 32.9. The number of carbonyl (C=O) groups is 5. The summed E-state index contributed by atoms with van der Waals surface area (Å²) in [7, 11) is 3.53. The zero-order chi connectivity index (χ0) is 44.7. The molecule has 0 bridgehead atoms. The summed E-state index contributed by atoms with van der Waals surface area (Å²) in [5.41, 5.74) is 6.13. The molecule has 1 unspecified atom stereocenters. The van der Waals surface area contributed by atoms with Crippen molar-refractivity contribution in [1.29, 1.82) is 0 Å². The number of H-pyrrole nitrogens is 2. The molecule has 2 aromatic rings. The Morgan fingerprint density at radius 1 is 0.684 bits per heavy atom. The van der Waals surface area contributed by atoms with Crippen molar-refractivity contribution in [3.63, 3.8) is 0 Å². The van der Waals surface area contributed by atoms with Gasteiger partial charge < -0.3 is 36.6 Å². The molecule has 0 fully saturated rings. The molecule has 0 saturated carbocycles. The highest BCUT2D eigenvalue weighted by Crippen LogP contribution is 2.09. The molecule has 57 heavy (non-hydrogen) atoms. The van der Waals surface area contributed by atoms with E-state index in [4.69, 9.17) is 0 Å². The van der Waals surface area contributed by atoms with Crippen molar-refractivity contribution in [3.05, 3.63) is 54.4 Å². The average molecular weight is 807 g/mol. The summed E-state index contributed by atoms with van der Waals surface area (Å²) < 4.78 is 0. The van der Waals surface area contributed by atoms with E-state index in [-0.39, 0.29) is 65.9 Å². The lowest BCUT2D eigenvalue weighted by Gasteiger charge is -2.25. The first-order valence-electron chi connectivity index (χ1n) is 19.8. The molecule has 9 N–H and O–H groups in total. The number of carbonyl (C=O) groups excluding carboxylic acids is 5. The number of amides is 7. The smallest absolute Gasteiger partial charge is 0.332 e. The minimum absolute atomic E-state index is 0.0509. The van der Waals surface area contributed by atoms with Crippen molar-refractivity contribution in [2.24, 2.45) is 11.8 Å². The molecule has 7 amide bonds. The van der Waals surface area contributed by atoms with Crippen molar-refractivity contribution < 1.29 is 24.0 Å². The number of urea groups is 2. The van der Waals surface area contributed by atoms with Gasteiger partial charge in [-0.3, -0.25) is 24.8 Å². The number of aromatic amines is 2. The largest absolute Gasteiger partial charge is 0.357 e. The van der Waals surface area contributed by atoms with Crippen LogP contribution in [0.1, 0.15) is 125 Å². The van der Waals surface area contributed by atoms with E-state index in [9.17, 15) is 24.0 Å². The Morgan fingerprint density at radius 3 is 1.60 bits per heavy atom. The van der Waals surface area contributed by atoms with Gasteiger partial charge >= 0.3 is 12.1 Å². The molecule has 17 heteroatoms. The first kappa shape index (κ1) is 56.4. The molecule has 0 aliphatic carbocycles. The number of nitrogens with zero attached hydrogens (tertiary/aromatic N) is 3. The van der Waals surface area contributed by atoms with E-state index in [1.807, 2.05) is 102 Å². The molecular formula is C40H78N12O5. The molecule has 1 aliphatic heterocycles. The molecule has 2 aromatic heterocycles. The van der Waals surface area contributed by atoms with Crippen molar-refractivity contribution in [1.82, 2.24) is 62.4 Å². The van der Waals surface area contributed by atoms with Gasteiger partial charge in [-0.15, -0.1) is 0 Å². The van der Waals surface area contributed by atoms with Gasteiger partial charge in [0.25, 0.3) is 11.8 Å². The molecule has 3 heterocycles. The number of hydrazine groups is 2. The van der Waals surface area contributed by atoms with Crippen molar-refractivity contribution in [2.45, 2.75) is 134 Å². The first-order valence-corrected chi connectivity index (χ1v) is 19.8. The van der Waals surface area contributed by atoms with Crippen LogP contribution in [0.5, 0.6) is 0 Å². The second-order valence-electron chi connectivity index (χ2n) is 14.7. The zero-order valence-electron chi connectivity index (χ0n) is 37.9. The molecule has 1 aliphatic rings. The molecule has 0 spiro atoms. The van der Waals surface area contributed by atoms with Gasteiger partial charge in [0.1, 0.15) is 5.69 Å². The van der Waals surface area contributed by atoms with Gasteiger partial charge in [-0.2, -0.15) is 0 Å². The fraction of sp³-hybridized carbons (Fsp3) is 0.650. The van der Waals surface area contributed by atoms with E-state index in [1.54, 1.807) is 54.8 Å². The third-order valence-electron chi connectivity index (χ3n) is 6.50. The van der Waals surface area contributed by atoms with Crippen LogP contribution in [0.3, 0.4) is 0 Å². The fourth-order valence-corrected chi connectivity index (χ4v) is 3.72. The SMILES string of the molecule is CC.CC(C)NC(=O)C(C)C(C)C.CC(C)NC(=O)N1CC=CCN1.CC(C)NC(=O)NN(C)C.CC(C)NC(=O)c1ccc[nH]1.CC(C)NC(=O)c1ncc[nH]1.